The van der Waals surface area contributed by atoms with Crippen molar-refractivity contribution in [1.29, 1.82) is 0 Å². The van der Waals surface area contributed by atoms with Crippen LogP contribution in [0.1, 0.15) is 24.0 Å². The second-order valence-corrected chi connectivity index (χ2v) is 8.76. The highest BCUT2D eigenvalue weighted by Crippen LogP contribution is 2.39. The molecule has 0 aromatic heterocycles. The number of hydrogen-bond donors (Lipinski definition) is 1. The summed E-state index contributed by atoms with van der Waals surface area (Å²) in [7, 11) is -3.67. The van der Waals surface area contributed by atoms with Gasteiger partial charge in [0.05, 0.1) is 10.6 Å². The van der Waals surface area contributed by atoms with E-state index in [4.69, 9.17) is 9.47 Å². The Morgan fingerprint density at radius 2 is 1.60 bits per heavy atom. The molecule has 1 N–H and O–H groups in total. The lowest BCUT2D eigenvalue weighted by Crippen LogP contribution is -2.17. The first-order valence-corrected chi connectivity index (χ1v) is 10.5. The van der Waals surface area contributed by atoms with E-state index in [1.807, 2.05) is 6.07 Å². The maximum atomic E-state index is 12.8. The highest BCUT2D eigenvalue weighted by molar-refractivity contribution is 9.10. The number of hydrogen-bond acceptors (Lipinski definition) is 4. The van der Waals surface area contributed by atoms with Gasteiger partial charge in [-0.2, -0.15) is 0 Å². The molecule has 0 saturated carbocycles. The van der Waals surface area contributed by atoms with Crippen molar-refractivity contribution in [2.75, 3.05) is 17.9 Å². The van der Waals surface area contributed by atoms with Crippen LogP contribution in [-0.4, -0.2) is 21.6 Å². The van der Waals surface area contributed by atoms with Gasteiger partial charge in [0, 0.05) is 16.6 Å². The first-order valence-electron chi connectivity index (χ1n) is 8.27. The van der Waals surface area contributed by atoms with Gasteiger partial charge in [-0.3, -0.25) is 4.72 Å². The lowest BCUT2D eigenvalue weighted by molar-refractivity contribution is 0.171. The van der Waals surface area contributed by atoms with E-state index in [0.717, 1.165) is 24.8 Å². The van der Waals surface area contributed by atoms with E-state index in [9.17, 15) is 8.42 Å². The Labute approximate surface area is 155 Å². The third-order valence-electron chi connectivity index (χ3n) is 4.51. The second kappa shape index (κ2) is 6.53. The zero-order valence-electron chi connectivity index (χ0n) is 13.5. The number of ether oxygens (including phenoxy) is 2. The van der Waals surface area contributed by atoms with Crippen molar-refractivity contribution in [3.8, 4) is 11.5 Å². The average molecular weight is 424 g/mol. The van der Waals surface area contributed by atoms with Crippen molar-refractivity contribution < 1.29 is 17.9 Å². The van der Waals surface area contributed by atoms with Gasteiger partial charge in [-0.25, -0.2) is 8.42 Å². The number of benzene rings is 2. The van der Waals surface area contributed by atoms with Crippen LogP contribution in [0.4, 0.5) is 5.69 Å². The smallest absolute Gasteiger partial charge is 0.261 e. The zero-order chi connectivity index (χ0) is 17.4. The summed E-state index contributed by atoms with van der Waals surface area (Å²) in [4.78, 5) is 0.287. The average Bonchev–Trinajstić information content (AvgIpc) is 2.62. The first kappa shape index (κ1) is 16.7. The molecule has 0 amide bonds. The predicted molar refractivity (Wildman–Crippen MR) is 99.0 cm³/mol. The Morgan fingerprint density at radius 1 is 0.920 bits per heavy atom. The molecule has 0 saturated heterocycles. The van der Waals surface area contributed by atoms with Gasteiger partial charge >= 0.3 is 0 Å². The Kier molecular flexibility index (Phi) is 4.37. The van der Waals surface area contributed by atoms with Gasteiger partial charge in [0.1, 0.15) is 13.2 Å². The van der Waals surface area contributed by atoms with E-state index in [0.29, 0.717) is 34.9 Å². The summed E-state index contributed by atoms with van der Waals surface area (Å²) >= 11 is 3.40. The quantitative estimate of drug-likeness (QED) is 0.812. The number of sulfonamides is 1. The third kappa shape index (κ3) is 3.35. The number of rotatable bonds is 3. The van der Waals surface area contributed by atoms with Gasteiger partial charge in [0.15, 0.2) is 11.5 Å². The molecule has 0 atom stereocenters. The Morgan fingerprint density at radius 3 is 2.36 bits per heavy atom. The first-order chi connectivity index (χ1) is 12.0. The van der Waals surface area contributed by atoms with E-state index in [1.165, 1.54) is 12.0 Å². The van der Waals surface area contributed by atoms with E-state index in [2.05, 4.69) is 20.7 Å². The molecule has 2 aromatic rings. The molecule has 1 aliphatic heterocycles. The van der Waals surface area contributed by atoms with Crippen molar-refractivity contribution in [2.24, 2.45) is 0 Å². The van der Waals surface area contributed by atoms with Crippen molar-refractivity contribution in [3.05, 3.63) is 45.9 Å². The topological polar surface area (TPSA) is 64.6 Å². The molecule has 0 unspecified atom stereocenters. The number of halogens is 1. The molecule has 0 radical (unpaired) electrons. The van der Waals surface area contributed by atoms with Gasteiger partial charge in [-0.15, -0.1) is 0 Å². The standard InChI is InChI=1S/C18H18BrNO4S/c19-15-10-17-18(24-8-7-23-17)11-16(15)20-25(21,22)14-6-5-12-3-1-2-4-13(12)9-14/h5-6,9-11,20H,1-4,7-8H2. The van der Waals surface area contributed by atoms with Crippen LogP contribution in [0.2, 0.25) is 0 Å². The van der Waals surface area contributed by atoms with Gasteiger partial charge in [0.2, 0.25) is 0 Å². The number of fused-ring (bicyclic) bond motifs is 2. The van der Waals surface area contributed by atoms with Crippen LogP contribution in [0.25, 0.3) is 0 Å². The monoisotopic (exact) mass is 423 g/mol. The molecule has 5 nitrogen and oxygen atoms in total. The number of aryl methyl sites for hydroxylation is 2. The summed E-state index contributed by atoms with van der Waals surface area (Å²) in [6, 6.07) is 8.77. The minimum absolute atomic E-state index is 0.287. The number of nitrogens with one attached hydrogen (secondary N) is 1. The van der Waals surface area contributed by atoms with E-state index >= 15 is 0 Å². The minimum Gasteiger partial charge on any atom is -0.486 e. The van der Waals surface area contributed by atoms with E-state index < -0.39 is 10.0 Å². The largest absolute Gasteiger partial charge is 0.486 e. The second-order valence-electron chi connectivity index (χ2n) is 6.22. The van der Waals surface area contributed by atoms with Gasteiger partial charge in [-0.1, -0.05) is 6.07 Å². The zero-order valence-corrected chi connectivity index (χ0v) is 16.0. The van der Waals surface area contributed by atoms with Crippen LogP contribution in [0.5, 0.6) is 11.5 Å². The van der Waals surface area contributed by atoms with Crippen LogP contribution in [0, 0.1) is 0 Å². The fraction of sp³-hybridized carbons (Fsp3) is 0.333. The molecule has 132 valence electrons. The summed E-state index contributed by atoms with van der Waals surface area (Å²) in [5, 5.41) is 0. The van der Waals surface area contributed by atoms with Crippen LogP contribution in [0.3, 0.4) is 0 Å². The molecule has 4 rings (SSSR count). The molecule has 0 bridgehead atoms. The molecule has 25 heavy (non-hydrogen) atoms. The van der Waals surface area contributed by atoms with E-state index in [-0.39, 0.29) is 4.90 Å². The predicted octanol–water partition coefficient (Wildman–Crippen LogP) is 3.90. The molecule has 1 heterocycles. The highest BCUT2D eigenvalue weighted by atomic mass is 79.9. The molecule has 7 heteroatoms. The van der Waals surface area contributed by atoms with Crippen molar-refractivity contribution >= 4 is 31.6 Å². The minimum atomic E-state index is -3.67. The van der Waals surface area contributed by atoms with Crippen molar-refractivity contribution in [1.82, 2.24) is 0 Å². The summed E-state index contributed by atoms with van der Waals surface area (Å²) in [5.74, 6) is 1.15. The van der Waals surface area contributed by atoms with Crippen molar-refractivity contribution in [3.63, 3.8) is 0 Å². The van der Waals surface area contributed by atoms with Crippen LogP contribution in [-0.2, 0) is 22.9 Å². The van der Waals surface area contributed by atoms with Crippen LogP contribution < -0.4 is 14.2 Å². The molecular formula is C18H18BrNO4S. The van der Waals surface area contributed by atoms with Crippen LogP contribution in [0.15, 0.2) is 39.7 Å². The lowest BCUT2D eigenvalue weighted by atomic mass is 9.92. The van der Waals surface area contributed by atoms with Crippen LogP contribution >= 0.6 is 15.9 Å². The van der Waals surface area contributed by atoms with Crippen molar-refractivity contribution in [2.45, 2.75) is 30.6 Å². The molecule has 0 fully saturated rings. The van der Waals surface area contributed by atoms with Gasteiger partial charge in [-0.05, 0) is 64.9 Å². The Hall–Kier alpha value is -1.73. The summed E-state index contributed by atoms with van der Waals surface area (Å²) in [6.45, 7) is 0.936. The third-order valence-corrected chi connectivity index (χ3v) is 6.53. The molecule has 1 aliphatic carbocycles. The molecule has 0 spiro atoms. The Bertz CT molecular complexity index is 927. The fourth-order valence-corrected chi connectivity index (χ4v) is 4.90. The number of anilines is 1. The summed E-state index contributed by atoms with van der Waals surface area (Å²) in [5.41, 5.74) is 2.82. The van der Waals surface area contributed by atoms with E-state index in [1.54, 1.807) is 24.3 Å². The molecular weight excluding hydrogens is 406 g/mol. The SMILES string of the molecule is O=S(=O)(Nc1cc2c(cc1Br)OCCO2)c1ccc2c(c1)CCCC2. The normalized spacial score (nSPS) is 16.2. The highest BCUT2D eigenvalue weighted by Gasteiger charge is 2.21. The molecule has 2 aliphatic rings. The lowest BCUT2D eigenvalue weighted by Gasteiger charge is -2.21. The summed E-state index contributed by atoms with van der Waals surface area (Å²) in [6.07, 6.45) is 4.24. The summed E-state index contributed by atoms with van der Waals surface area (Å²) < 4.78 is 39.9. The molecule has 2 aromatic carbocycles. The maximum absolute atomic E-state index is 12.8. The Balaban J connectivity index is 1.65. The maximum Gasteiger partial charge on any atom is 0.261 e. The van der Waals surface area contributed by atoms with Gasteiger partial charge < -0.3 is 9.47 Å². The fourth-order valence-electron chi connectivity index (χ4n) is 3.22. The van der Waals surface area contributed by atoms with Gasteiger partial charge in [0.25, 0.3) is 10.0 Å².